The quantitative estimate of drug-likeness (QED) is 0.0222. The number of carbonyl (C=O) groups excluding carboxylic acids is 4. The Morgan fingerprint density at radius 2 is 0.573 bits per heavy atom. The molecule has 0 aliphatic heterocycles. The van der Waals surface area contributed by atoms with Crippen molar-refractivity contribution in [2.75, 3.05) is 39.6 Å². The highest BCUT2D eigenvalue weighted by molar-refractivity contribution is 7.47. The maximum atomic E-state index is 13.0. The van der Waals surface area contributed by atoms with Crippen LogP contribution in [0.25, 0.3) is 0 Å². The molecular formula is C70H136O17P2. The van der Waals surface area contributed by atoms with Crippen LogP contribution in [0.4, 0.5) is 0 Å². The Hall–Kier alpha value is -1.94. The average molecular weight is 1310 g/mol. The van der Waals surface area contributed by atoms with Crippen LogP contribution >= 0.6 is 15.6 Å². The summed E-state index contributed by atoms with van der Waals surface area (Å²) in [5.74, 6) is 0.139. The fourth-order valence-electron chi connectivity index (χ4n) is 10.5. The fraction of sp³-hybridized carbons (Fsp3) is 0.943. The van der Waals surface area contributed by atoms with Crippen LogP contribution in [0.2, 0.25) is 0 Å². The highest BCUT2D eigenvalue weighted by Gasteiger charge is 2.30. The van der Waals surface area contributed by atoms with Crippen molar-refractivity contribution in [2.45, 2.75) is 369 Å². The molecule has 0 aromatic carbocycles. The molecule has 17 nitrogen and oxygen atoms in total. The van der Waals surface area contributed by atoms with Gasteiger partial charge in [-0.05, 0) is 43.4 Å². The van der Waals surface area contributed by atoms with E-state index in [0.29, 0.717) is 25.7 Å². The number of unbranched alkanes of at least 4 members (excludes halogenated alkanes) is 35. The molecule has 0 saturated carbocycles. The average Bonchev–Trinajstić information content (AvgIpc) is 3.66. The van der Waals surface area contributed by atoms with Gasteiger partial charge in [-0.1, -0.05) is 299 Å². The van der Waals surface area contributed by atoms with Gasteiger partial charge in [-0.3, -0.25) is 37.3 Å². The van der Waals surface area contributed by atoms with Crippen LogP contribution in [0.3, 0.4) is 0 Å². The maximum Gasteiger partial charge on any atom is 0.472 e. The van der Waals surface area contributed by atoms with Gasteiger partial charge < -0.3 is 33.8 Å². The normalized spacial score (nSPS) is 14.5. The lowest BCUT2D eigenvalue weighted by molar-refractivity contribution is -0.161. The predicted molar refractivity (Wildman–Crippen MR) is 358 cm³/mol. The number of aliphatic hydroxyl groups is 1. The van der Waals surface area contributed by atoms with E-state index in [1.165, 1.54) is 161 Å². The van der Waals surface area contributed by atoms with Gasteiger partial charge in [-0.25, -0.2) is 9.13 Å². The van der Waals surface area contributed by atoms with Crippen LogP contribution in [0.15, 0.2) is 0 Å². The lowest BCUT2D eigenvalue weighted by Crippen LogP contribution is -2.30. The molecule has 89 heavy (non-hydrogen) atoms. The first-order valence-electron chi connectivity index (χ1n) is 36.4. The van der Waals surface area contributed by atoms with Crippen molar-refractivity contribution in [3.05, 3.63) is 0 Å². The number of carbonyl (C=O) groups is 4. The van der Waals surface area contributed by atoms with Crippen molar-refractivity contribution in [3.8, 4) is 0 Å². The first kappa shape index (κ1) is 87.1. The van der Waals surface area contributed by atoms with Gasteiger partial charge in [0, 0.05) is 25.7 Å². The zero-order valence-corrected chi connectivity index (χ0v) is 59.7. The number of rotatable bonds is 68. The summed E-state index contributed by atoms with van der Waals surface area (Å²) in [4.78, 5) is 72.6. The minimum atomic E-state index is -4.95. The molecule has 3 N–H and O–H groups in total. The molecule has 0 radical (unpaired) electrons. The van der Waals surface area contributed by atoms with Crippen molar-refractivity contribution in [1.29, 1.82) is 0 Å². The van der Waals surface area contributed by atoms with Crippen LogP contribution in [-0.2, 0) is 65.4 Å². The van der Waals surface area contributed by atoms with Crippen molar-refractivity contribution in [1.82, 2.24) is 0 Å². The predicted octanol–water partition coefficient (Wildman–Crippen LogP) is 19.8. The van der Waals surface area contributed by atoms with Crippen LogP contribution in [-0.4, -0.2) is 96.7 Å². The Balaban J connectivity index is 5.27. The number of hydrogen-bond acceptors (Lipinski definition) is 15. The summed E-state index contributed by atoms with van der Waals surface area (Å²) in [6.07, 6.45) is 44.3. The van der Waals surface area contributed by atoms with E-state index in [-0.39, 0.29) is 25.7 Å². The summed E-state index contributed by atoms with van der Waals surface area (Å²) in [6, 6.07) is 0. The lowest BCUT2D eigenvalue weighted by atomic mass is 9.99. The Bertz CT molecular complexity index is 1750. The van der Waals surface area contributed by atoms with Gasteiger partial charge in [0.1, 0.15) is 19.3 Å². The van der Waals surface area contributed by atoms with Crippen molar-refractivity contribution < 1.29 is 80.2 Å². The summed E-state index contributed by atoms with van der Waals surface area (Å²) in [5.41, 5.74) is 0. The second-order valence-corrected chi connectivity index (χ2v) is 29.4. The molecule has 3 unspecified atom stereocenters. The summed E-state index contributed by atoms with van der Waals surface area (Å²) in [7, 11) is -9.90. The first-order valence-corrected chi connectivity index (χ1v) is 39.4. The number of phosphoric ester groups is 2. The van der Waals surface area contributed by atoms with Crippen molar-refractivity contribution in [3.63, 3.8) is 0 Å². The lowest BCUT2D eigenvalue weighted by Gasteiger charge is -2.21. The fourth-order valence-corrected chi connectivity index (χ4v) is 12.1. The van der Waals surface area contributed by atoms with Gasteiger partial charge in [0.05, 0.1) is 26.4 Å². The second kappa shape index (κ2) is 61.0. The molecule has 0 aromatic heterocycles. The van der Waals surface area contributed by atoms with E-state index in [1.807, 2.05) is 0 Å². The summed E-state index contributed by atoms with van der Waals surface area (Å²) < 4.78 is 68.3. The number of phosphoric acid groups is 2. The van der Waals surface area contributed by atoms with E-state index < -0.39 is 97.5 Å². The molecule has 0 bridgehead atoms. The van der Waals surface area contributed by atoms with E-state index in [0.717, 1.165) is 108 Å². The molecule has 19 heteroatoms. The smallest absolute Gasteiger partial charge is 0.462 e. The zero-order valence-electron chi connectivity index (χ0n) is 57.9. The highest BCUT2D eigenvalue weighted by atomic mass is 31.2. The van der Waals surface area contributed by atoms with E-state index in [2.05, 4.69) is 48.5 Å². The Labute approximate surface area is 543 Å². The van der Waals surface area contributed by atoms with E-state index in [9.17, 15) is 43.2 Å². The van der Waals surface area contributed by atoms with Crippen LogP contribution in [0, 0.1) is 17.8 Å². The monoisotopic (exact) mass is 1310 g/mol. The zero-order chi connectivity index (χ0) is 65.9. The molecule has 6 atom stereocenters. The molecule has 0 spiro atoms. The van der Waals surface area contributed by atoms with Gasteiger partial charge in [-0.2, -0.15) is 0 Å². The molecule has 0 rings (SSSR count). The third-order valence-corrected chi connectivity index (χ3v) is 18.4. The van der Waals surface area contributed by atoms with Gasteiger partial charge in [0.15, 0.2) is 12.2 Å². The van der Waals surface area contributed by atoms with Gasteiger partial charge in [0.25, 0.3) is 0 Å². The third-order valence-electron chi connectivity index (χ3n) is 16.5. The Morgan fingerprint density at radius 3 is 0.854 bits per heavy atom. The Morgan fingerprint density at radius 1 is 0.326 bits per heavy atom. The molecule has 0 saturated heterocycles. The molecule has 528 valence electrons. The second-order valence-electron chi connectivity index (χ2n) is 26.5. The van der Waals surface area contributed by atoms with Crippen molar-refractivity contribution in [2.24, 2.45) is 17.8 Å². The topological polar surface area (TPSA) is 237 Å². The van der Waals surface area contributed by atoms with Gasteiger partial charge in [-0.15, -0.1) is 0 Å². The van der Waals surface area contributed by atoms with Crippen molar-refractivity contribution >= 4 is 39.5 Å². The molecule has 0 heterocycles. The molecule has 0 aliphatic rings. The minimum absolute atomic E-state index is 0.105. The molecule has 0 aliphatic carbocycles. The maximum absolute atomic E-state index is 13.0. The molecule has 0 amide bonds. The largest absolute Gasteiger partial charge is 0.472 e. The Kier molecular flexibility index (Phi) is 59.6. The summed E-state index contributed by atoms with van der Waals surface area (Å²) >= 11 is 0. The third kappa shape index (κ3) is 63.2. The van der Waals surface area contributed by atoms with Gasteiger partial charge in [0.2, 0.25) is 0 Å². The van der Waals surface area contributed by atoms with E-state index in [4.69, 9.17) is 37.0 Å². The number of hydrogen-bond donors (Lipinski definition) is 3. The molecule has 0 fully saturated rings. The van der Waals surface area contributed by atoms with Crippen LogP contribution in [0.1, 0.15) is 350 Å². The van der Waals surface area contributed by atoms with E-state index >= 15 is 0 Å². The highest BCUT2D eigenvalue weighted by Crippen LogP contribution is 2.45. The van der Waals surface area contributed by atoms with Crippen LogP contribution in [0.5, 0.6) is 0 Å². The number of aliphatic hydroxyl groups excluding tert-OH is 1. The SMILES string of the molecule is CCCCCCCCCCCCCCC(=O)OC[C@H](COP(=O)(O)OC[C@H](O)COP(=O)(O)OC[C@@H](COC(=O)CCCCCCCCCCCC(C)C)OC(=O)CCCCCCCCCCCCC(C)C)OC(=O)CCCCCCCCCCC(C)CC. The summed E-state index contributed by atoms with van der Waals surface area (Å²) in [5, 5.41) is 10.6. The summed E-state index contributed by atoms with van der Waals surface area (Å²) in [6.45, 7) is 11.8. The van der Waals surface area contributed by atoms with Gasteiger partial charge >= 0.3 is 39.5 Å². The van der Waals surface area contributed by atoms with Crippen LogP contribution < -0.4 is 0 Å². The number of ether oxygens (including phenoxy) is 4. The first-order chi connectivity index (χ1) is 42.8. The number of esters is 4. The molecule has 0 aromatic rings. The molecular weight excluding hydrogens is 1170 g/mol. The van der Waals surface area contributed by atoms with E-state index in [1.54, 1.807) is 0 Å². The standard InChI is InChI=1S/C70H136O17P2/c1-8-10-11-12-13-14-15-16-22-30-37-44-51-67(72)80-58-66(87-70(75)54-47-40-33-26-25-29-36-43-50-63(7)9-2)60-85-89(78,79)83-56-64(71)55-82-88(76,77)84-59-65(57-81-68(73)52-45-38-31-24-19-21-28-35-42-49-62(5)6)86-69(74)53-46-39-32-23-18-17-20-27-34-41-48-61(3)4/h61-66,71H,8-60H2,1-7H3,(H,76,77)(H,78,79)/t63?,64-,65-,66-/m1/s1. The minimum Gasteiger partial charge on any atom is -0.462 e.